The molecule has 5 nitrogen and oxygen atoms in total. The molecule has 0 unspecified atom stereocenters. The van der Waals surface area contributed by atoms with Gasteiger partial charge in [-0.3, -0.25) is 4.90 Å². The van der Waals surface area contributed by atoms with E-state index in [4.69, 9.17) is 9.47 Å². The molecule has 1 amide bonds. The molecule has 0 aliphatic heterocycles. The van der Waals surface area contributed by atoms with E-state index in [1.807, 2.05) is 42.5 Å². The van der Waals surface area contributed by atoms with Crippen molar-refractivity contribution < 1.29 is 14.3 Å². The summed E-state index contributed by atoms with van der Waals surface area (Å²) in [5.41, 5.74) is 2.28. The van der Waals surface area contributed by atoms with Crippen LogP contribution >= 0.6 is 0 Å². The SMILES string of the molecule is CCN(CCCCCCNC(=O)OCc1ccccc1)Cc1cccc(OC)c1. The van der Waals surface area contributed by atoms with Crippen LogP contribution in [0.1, 0.15) is 43.7 Å². The zero-order chi connectivity index (χ0) is 20.7. The molecule has 158 valence electrons. The van der Waals surface area contributed by atoms with Crippen molar-refractivity contribution in [2.45, 2.75) is 45.8 Å². The largest absolute Gasteiger partial charge is 0.497 e. The van der Waals surface area contributed by atoms with Gasteiger partial charge in [0.25, 0.3) is 0 Å². The number of carbonyl (C=O) groups is 1. The lowest BCUT2D eigenvalue weighted by molar-refractivity contribution is 0.139. The van der Waals surface area contributed by atoms with Crippen LogP contribution in [0.2, 0.25) is 0 Å². The molecule has 0 saturated heterocycles. The van der Waals surface area contributed by atoms with Gasteiger partial charge in [-0.25, -0.2) is 4.79 Å². The monoisotopic (exact) mass is 398 g/mol. The van der Waals surface area contributed by atoms with Crippen LogP contribution in [0.25, 0.3) is 0 Å². The van der Waals surface area contributed by atoms with Gasteiger partial charge in [0.2, 0.25) is 0 Å². The van der Waals surface area contributed by atoms with Crippen LogP contribution in [-0.2, 0) is 17.9 Å². The molecule has 0 aromatic heterocycles. The quantitative estimate of drug-likeness (QED) is 0.482. The lowest BCUT2D eigenvalue weighted by Crippen LogP contribution is -2.25. The van der Waals surface area contributed by atoms with Crippen molar-refractivity contribution in [3.05, 3.63) is 65.7 Å². The topological polar surface area (TPSA) is 50.8 Å². The van der Waals surface area contributed by atoms with Crippen molar-refractivity contribution in [2.75, 3.05) is 26.7 Å². The highest BCUT2D eigenvalue weighted by molar-refractivity contribution is 5.67. The summed E-state index contributed by atoms with van der Waals surface area (Å²) in [5.74, 6) is 0.911. The number of ether oxygens (including phenoxy) is 2. The number of rotatable bonds is 13. The zero-order valence-corrected chi connectivity index (χ0v) is 17.7. The van der Waals surface area contributed by atoms with Crippen molar-refractivity contribution in [1.29, 1.82) is 0 Å². The van der Waals surface area contributed by atoms with Gasteiger partial charge in [0.15, 0.2) is 0 Å². The van der Waals surface area contributed by atoms with E-state index in [9.17, 15) is 4.79 Å². The number of methoxy groups -OCH3 is 1. The summed E-state index contributed by atoms with van der Waals surface area (Å²) in [5, 5.41) is 2.82. The maximum absolute atomic E-state index is 11.7. The molecule has 0 aliphatic rings. The van der Waals surface area contributed by atoms with Gasteiger partial charge in [-0.2, -0.15) is 0 Å². The predicted octanol–water partition coefficient (Wildman–Crippen LogP) is 5.00. The minimum Gasteiger partial charge on any atom is -0.497 e. The van der Waals surface area contributed by atoms with Gasteiger partial charge in [0.05, 0.1) is 7.11 Å². The molecule has 0 heterocycles. The molecule has 0 fully saturated rings. The molecule has 5 heteroatoms. The molecule has 29 heavy (non-hydrogen) atoms. The second-order valence-corrected chi connectivity index (χ2v) is 7.12. The fraction of sp³-hybridized carbons (Fsp3) is 0.458. The molecule has 0 atom stereocenters. The van der Waals surface area contributed by atoms with E-state index in [-0.39, 0.29) is 6.09 Å². The average molecular weight is 399 g/mol. The number of benzene rings is 2. The molecule has 2 aromatic carbocycles. The second-order valence-electron chi connectivity index (χ2n) is 7.12. The second kappa shape index (κ2) is 13.6. The van der Waals surface area contributed by atoms with Crippen molar-refractivity contribution in [3.8, 4) is 5.75 Å². The Hall–Kier alpha value is -2.53. The van der Waals surface area contributed by atoms with Crippen LogP contribution in [-0.4, -0.2) is 37.7 Å². The molecular formula is C24H34N2O3. The first-order valence-corrected chi connectivity index (χ1v) is 10.5. The highest BCUT2D eigenvalue weighted by Gasteiger charge is 2.05. The first kappa shape index (κ1) is 22.8. The Balaban J connectivity index is 1.51. The Kier molecular flexibility index (Phi) is 10.7. The Morgan fingerprint density at radius 1 is 0.966 bits per heavy atom. The van der Waals surface area contributed by atoms with Gasteiger partial charge in [-0.05, 0) is 49.2 Å². The third-order valence-electron chi connectivity index (χ3n) is 4.87. The molecule has 0 radical (unpaired) electrons. The molecular weight excluding hydrogens is 364 g/mol. The number of hydrogen-bond donors (Lipinski definition) is 1. The van der Waals surface area contributed by atoms with Crippen LogP contribution in [0.5, 0.6) is 5.75 Å². The number of carbonyl (C=O) groups excluding carboxylic acids is 1. The Labute approximate surface area is 175 Å². The minimum atomic E-state index is -0.343. The summed E-state index contributed by atoms with van der Waals surface area (Å²) in [6.45, 7) is 6.24. The van der Waals surface area contributed by atoms with E-state index >= 15 is 0 Å². The summed E-state index contributed by atoms with van der Waals surface area (Å²) in [7, 11) is 1.70. The molecule has 0 spiro atoms. The summed E-state index contributed by atoms with van der Waals surface area (Å²) in [6.07, 6.45) is 4.06. The van der Waals surface area contributed by atoms with E-state index in [2.05, 4.69) is 29.3 Å². The number of unbranched alkanes of at least 4 members (excludes halogenated alkanes) is 3. The van der Waals surface area contributed by atoms with Crippen LogP contribution in [0.3, 0.4) is 0 Å². The van der Waals surface area contributed by atoms with Crippen molar-refractivity contribution in [2.24, 2.45) is 0 Å². The van der Waals surface area contributed by atoms with Gasteiger partial charge in [-0.1, -0.05) is 62.2 Å². The lowest BCUT2D eigenvalue weighted by atomic mass is 10.1. The van der Waals surface area contributed by atoms with Crippen LogP contribution in [0, 0.1) is 0 Å². The van der Waals surface area contributed by atoms with Crippen LogP contribution in [0.15, 0.2) is 54.6 Å². The highest BCUT2D eigenvalue weighted by atomic mass is 16.5. The predicted molar refractivity (Wildman–Crippen MR) is 117 cm³/mol. The highest BCUT2D eigenvalue weighted by Crippen LogP contribution is 2.14. The van der Waals surface area contributed by atoms with Crippen LogP contribution in [0.4, 0.5) is 4.79 Å². The maximum atomic E-state index is 11.7. The lowest BCUT2D eigenvalue weighted by Gasteiger charge is -2.20. The van der Waals surface area contributed by atoms with Crippen molar-refractivity contribution in [1.82, 2.24) is 10.2 Å². The standard InChI is InChI=1S/C24H34N2O3/c1-3-26(19-22-14-11-15-23(18-22)28-2)17-10-5-4-9-16-25-24(27)29-20-21-12-7-6-8-13-21/h6-8,11-15,18H,3-5,9-10,16-17,19-20H2,1-2H3,(H,25,27). The molecule has 0 saturated carbocycles. The normalized spacial score (nSPS) is 10.7. The van der Waals surface area contributed by atoms with E-state index < -0.39 is 0 Å². The fourth-order valence-electron chi connectivity index (χ4n) is 3.16. The first-order valence-electron chi connectivity index (χ1n) is 10.5. The van der Waals surface area contributed by atoms with Gasteiger partial charge in [0.1, 0.15) is 12.4 Å². The van der Waals surface area contributed by atoms with Crippen molar-refractivity contribution in [3.63, 3.8) is 0 Å². The summed E-state index contributed by atoms with van der Waals surface area (Å²) < 4.78 is 10.5. The van der Waals surface area contributed by atoms with Gasteiger partial charge in [0, 0.05) is 13.1 Å². The van der Waals surface area contributed by atoms with Crippen LogP contribution < -0.4 is 10.1 Å². The third-order valence-corrected chi connectivity index (χ3v) is 4.87. The van der Waals surface area contributed by atoms with Gasteiger partial charge in [-0.15, -0.1) is 0 Å². The number of hydrogen-bond acceptors (Lipinski definition) is 4. The summed E-state index contributed by atoms with van der Waals surface area (Å²) >= 11 is 0. The summed E-state index contributed by atoms with van der Waals surface area (Å²) in [4.78, 5) is 14.2. The van der Waals surface area contributed by atoms with E-state index in [1.54, 1.807) is 7.11 Å². The molecule has 2 rings (SSSR count). The number of amides is 1. The maximum Gasteiger partial charge on any atom is 0.407 e. The smallest absolute Gasteiger partial charge is 0.407 e. The van der Waals surface area contributed by atoms with E-state index in [0.717, 1.165) is 56.6 Å². The molecule has 0 aliphatic carbocycles. The number of nitrogens with one attached hydrogen (secondary N) is 1. The molecule has 1 N–H and O–H groups in total. The van der Waals surface area contributed by atoms with Crippen molar-refractivity contribution >= 4 is 6.09 Å². The Bertz CT molecular complexity index is 706. The van der Waals surface area contributed by atoms with Gasteiger partial charge >= 0.3 is 6.09 Å². The average Bonchev–Trinajstić information content (AvgIpc) is 2.77. The minimum absolute atomic E-state index is 0.312. The number of nitrogens with zero attached hydrogens (tertiary/aromatic N) is 1. The third kappa shape index (κ3) is 9.48. The number of alkyl carbamates (subject to hydrolysis) is 1. The Morgan fingerprint density at radius 3 is 2.48 bits per heavy atom. The van der Waals surface area contributed by atoms with E-state index in [1.165, 1.54) is 5.56 Å². The van der Waals surface area contributed by atoms with Gasteiger partial charge < -0.3 is 14.8 Å². The zero-order valence-electron chi connectivity index (χ0n) is 17.7. The summed E-state index contributed by atoms with van der Waals surface area (Å²) in [6, 6.07) is 18.0. The molecule has 2 aromatic rings. The van der Waals surface area contributed by atoms with E-state index in [0.29, 0.717) is 13.2 Å². The Morgan fingerprint density at radius 2 is 1.72 bits per heavy atom. The molecule has 0 bridgehead atoms. The first-order chi connectivity index (χ1) is 14.2. The fourth-order valence-corrected chi connectivity index (χ4v) is 3.16.